The predicted octanol–water partition coefficient (Wildman–Crippen LogP) is 5.72. The zero-order chi connectivity index (χ0) is 29.8. The van der Waals surface area contributed by atoms with E-state index < -0.39 is 0 Å². The summed E-state index contributed by atoms with van der Waals surface area (Å²) in [4.78, 5) is 34.2. The second-order valence-electron chi connectivity index (χ2n) is 10.7. The molecule has 0 radical (unpaired) electrons. The van der Waals surface area contributed by atoms with Crippen molar-refractivity contribution in [3.63, 3.8) is 0 Å². The van der Waals surface area contributed by atoms with Crippen molar-refractivity contribution < 1.29 is 4.79 Å². The minimum absolute atomic E-state index is 0.120. The maximum atomic E-state index is 13.8. The molecule has 7 nitrogen and oxygen atoms in total. The third kappa shape index (κ3) is 5.93. The summed E-state index contributed by atoms with van der Waals surface area (Å²) in [5.74, 6) is 0.616. The van der Waals surface area contributed by atoms with E-state index in [1.807, 2.05) is 63.2 Å². The molecule has 2 aliphatic heterocycles. The number of rotatable bonds is 8. The number of aromatic nitrogens is 1. The number of hydrogen-bond acceptors (Lipinski definition) is 7. The lowest BCUT2D eigenvalue weighted by Gasteiger charge is -2.38. The van der Waals surface area contributed by atoms with E-state index in [-0.39, 0.29) is 23.1 Å². The molecule has 2 saturated heterocycles. The van der Waals surface area contributed by atoms with Gasteiger partial charge in [0, 0.05) is 44.8 Å². The number of nitrogens with zero attached hydrogens (tertiary/aromatic N) is 5. The molecule has 42 heavy (non-hydrogen) atoms. The highest BCUT2D eigenvalue weighted by Gasteiger charge is 2.37. The SMILES string of the molecule is CCCn1c(N2CCN(Cc3ccccc3)CC2)c(C=C2SC(=S)N(C(C)c3ccccc3)C2=O)c(C)c(C#N)c1=O. The predicted molar refractivity (Wildman–Crippen MR) is 174 cm³/mol. The normalized spacial score (nSPS) is 17.6. The molecule has 3 aromatic rings. The quantitative estimate of drug-likeness (QED) is 0.243. The molecule has 2 aromatic carbocycles. The van der Waals surface area contributed by atoms with Crippen LogP contribution in [0.4, 0.5) is 5.82 Å². The van der Waals surface area contributed by atoms with Crippen LogP contribution in [0.3, 0.4) is 0 Å². The second kappa shape index (κ2) is 13.1. The largest absolute Gasteiger partial charge is 0.355 e. The Balaban J connectivity index is 1.52. The average molecular weight is 598 g/mol. The Kier molecular flexibility index (Phi) is 9.27. The Morgan fingerprint density at radius 1 is 1.02 bits per heavy atom. The van der Waals surface area contributed by atoms with Crippen LogP contribution in [0.15, 0.2) is 70.4 Å². The van der Waals surface area contributed by atoms with Crippen molar-refractivity contribution in [3.05, 3.63) is 104 Å². The molecular formula is C33H35N5O2S2. The molecule has 0 spiro atoms. The monoisotopic (exact) mass is 597 g/mol. The van der Waals surface area contributed by atoms with Gasteiger partial charge in [0.05, 0.1) is 10.9 Å². The second-order valence-corrected chi connectivity index (χ2v) is 12.4. The lowest BCUT2D eigenvalue weighted by molar-refractivity contribution is -0.123. The van der Waals surface area contributed by atoms with Gasteiger partial charge in [-0.05, 0) is 43.0 Å². The van der Waals surface area contributed by atoms with Crippen LogP contribution in [0, 0.1) is 18.3 Å². The first-order chi connectivity index (χ1) is 20.3. The number of hydrogen-bond donors (Lipinski definition) is 0. The van der Waals surface area contributed by atoms with Gasteiger partial charge in [0.25, 0.3) is 11.5 Å². The zero-order valence-electron chi connectivity index (χ0n) is 24.2. The average Bonchev–Trinajstić information content (AvgIpc) is 3.29. The summed E-state index contributed by atoms with van der Waals surface area (Å²) < 4.78 is 2.23. The van der Waals surface area contributed by atoms with Gasteiger partial charge in [-0.2, -0.15) is 5.26 Å². The molecule has 0 N–H and O–H groups in total. The maximum absolute atomic E-state index is 13.8. The number of amides is 1. The van der Waals surface area contributed by atoms with Crippen LogP contribution in [-0.4, -0.2) is 50.8 Å². The number of pyridine rings is 1. The van der Waals surface area contributed by atoms with Gasteiger partial charge in [0.1, 0.15) is 21.8 Å². The van der Waals surface area contributed by atoms with E-state index in [2.05, 4.69) is 40.1 Å². The zero-order valence-corrected chi connectivity index (χ0v) is 25.9. The number of thioether (sulfide) groups is 1. The van der Waals surface area contributed by atoms with Gasteiger partial charge < -0.3 is 4.90 Å². The first-order valence-corrected chi connectivity index (χ1v) is 15.6. The van der Waals surface area contributed by atoms with Crippen LogP contribution in [0.5, 0.6) is 0 Å². The van der Waals surface area contributed by atoms with Gasteiger partial charge in [0.2, 0.25) is 0 Å². The molecule has 1 aromatic heterocycles. The summed E-state index contributed by atoms with van der Waals surface area (Å²) >= 11 is 6.96. The summed E-state index contributed by atoms with van der Waals surface area (Å²) in [5.41, 5.74) is 3.45. The molecule has 1 atom stereocenters. The van der Waals surface area contributed by atoms with Gasteiger partial charge in [-0.25, -0.2) is 0 Å². The lowest BCUT2D eigenvalue weighted by Crippen LogP contribution is -2.48. The van der Waals surface area contributed by atoms with Gasteiger partial charge in [-0.1, -0.05) is 91.6 Å². The smallest absolute Gasteiger partial charge is 0.270 e. The van der Waals surface area contributed by atoms with Crippen LogP contribution in [0.2, 0.25) is 0 Å². The van der Waals surface area contributed by atoms with Crippen LogP contribution in [0.25, 0.3) is 6.08 Å². The van der Waals surface area contributed by atoms with Crippen molar-refractivity contribution in [1.29, 1.82) is 5.26 Å². The van der Waals surface area contributed by atoms with E-state index >= 15 is 0 Å². The van der Waals surface area contributed by atoms with Crippen LogP contribution in [-0.2, 0) is 17.9 Å². The highest BCUT2D eigenvalue weighted by Crippen LogP contribution is 2.40. The Hall–Kier alpha value is -3.71. The Morgan fingerprint density at radius 3 is 2.29 bits per heavy atom. The minimum Gasteiger partial charge on any atom is -0.355 e. The van der Waals surface area contributed by atoms with E-state index in [9.17, 15) is 14.9 Å². The van der Waals surface area contributed by atoms with Gasteiger partial charge in [0.15, 0.2) is 0 Å². The van der Waals surface area contributed by atoms with E-state index in [0.717, 1.165) is 56.1 Å². The molecular weight excluding hydrogens is 563 g/mol. The van der Waals surface area contributed by atoms with E-state index in [0.29, 0.717) is 21.3 Å². The molecule has 3 heterocycles. The van der Waals surface area contributed by atoms with Crippen LogP contribution >= 0.6 is 24.0 Å². The van der Waals surface area contributed by atoms with Crippen LogP contribution < -0.4 is 10.5 Å². The van der Waals surface area contributed by atoms with Crippen LogP contribution in [0.1, 0.15) is 54.1 Å². The van der Waals surface area contributed by atoms with E-state index in [1.165, 1.54) is 17.3 Å². The lowest BCUT2D eigenvalue weighted by atomic mass is 10.0. The summed E-state index contributed by atoms with van der Waals surface area (Å²) in [5, 5.41) is 9.98. The fraction of sp³-hybridized carbons (Fsp3) is 0.333. The standard InChI is InChI=1S/C33H35N5O2S2/c1-4-15-37-30(36-18-16-35(17-19-36)22-25-11-7-5-8-12-25)27(23(2)28(21-34)31(37)39)20-29-32(40)38(33(41)42-29)24(3)26-13-9-6-10-14-26/h5-14,20,24H,4,15-19,22H2,1-3H3. The summed E-state index contributed by atoms with van der Waals surface area (Å²) in [6, 6.07) is 22.2. The number of carbonyl (C=O) groups is 1. The van der Waals surface area contributed by atoms with Crippen molar-refractivity contribution in [3.8, 4) is 6.07 Å². The number of thiocarbonyl (C=S) groups is 1. The first-order valence-electron chi connectivity index (χ1n) is 14.3. The molecule has 2 aliphatic rings. The summed E-state index contributed by atoms with van der Waals surface area (Å²) in [6.45, 7) is 10.3. The minimum atomic E-state index is -0.277. The molecule has 0 aliphatic carbocycles. The Morgan fingerprint density at radius 2 is 1.67 bits per heavy atom. The molecule has 0 saturated carbocycles. The number of carbonyl (C=O) groups excluding carboxylic acids is 1. The van der Waals surface area contributed by atoms with Crippen molar-refractivity contribution >= 4 is 46.1 Å². The molecule has 2 fully saturated rings. The van der Waals surface area contributed by atoms with Crippen molar-refractivity contribution in [2.75, 3.05) is 31.1 Å². The first kappa shape index (κ1) is 29.8. The molecule has 1 amide bonds. The van der Waals surface area contributed by atoms with Gasteiger partial charge in [-0.15, -0.1) is 0 Å². The Bertz CT molecular complexity index is 1600. The third-order valence-corrected chi connectivity index (χ3v) is 9.31. The van der Waals surface area contributed by atoms with Crippen molar-refractivity contribution in [2.24, 2.45) is 0 Å². The highest BCUT2D eigenvalue weighted by atomic mass is 32.2. The van der Waals surface area contributed by atoms with E-state index in [1.54, 1.807) is 9.47 Å². The summed E-state index contributed by atoms with van der Waals surface area (Å²) in [7, 11) is 0. The van der Waals surface area contributed by atoms with Crippen molar-refractivity contribution in [2.45, 2.75) is 46.3 Å². The maximum Gasteiger partial charge on any atom is 0.270 e. The fourth-order valence-electron chi connectivity index (χ4n) is 5.70. The topological polar surface area (TPSA) is 72.6 Å². The molecule has 9 heteroatoms. The third-order valence-electron chi connectivity index (χ3n) is 7.98. The molecule has 216 valence electrons. The highest BCUT2D eigenvalue weighted by molar-refractivity contribution is 8.26. The fourth-order valence-corrected chi connectivity index (χ4v) is 7.10. The number of benzene rings is 2. The number of nitriles is 1. The summed E-state index contributed by atoms with van der Waals surface area (Å²) in [6.07, 6.45) is 2.59. The number of anilines is 1. The molecule has 1 unspecified atom stereocenters. The van der Waals surface area contributed by atoms with Gasteiger partial charge in [-0.3, -0.25) is 24.0 Å². The van der Waals surface area contributed by atoms with Gasteiger partial charge >= 0.3 is 0 Å². The molecule has 0 bridgehead atoms. The number of piperazine rings is 1. The van der Waals surface area contributed by atoms with E-state index in [4.69, 9.17) is 12.2 Å². The molecule has 5 rings (SSSR count). The Labute approximate surface area is 257 Å². The van der Waals surface area contributed by atoms with Crippen molar-refractivity contribution in [1.82, 2.24) is 14.4 Å².